The Morgan fingerprint density at radius 3 is 2.86 bits per heavy atom. The number of carbonyl (C=O) groups excluding carboxylic acids is 1. The standard InChI is InChI=1S/C24H25N9O4/c1-35-17-9-10-20(36-2)16(12-17)13-26-28-24(34)21-19(33(31-27-21)23-22(25)29-37-30-23)14-32-11-5-7-15-6-3-4-8-18(15)32/h3-4,6,8-10,12-13H,5,7,11,14H2,1-2H3,(H2,25,29)(H,28,34). The first kappa shape index (κ1) is 23.8. The number of aryl methyl sites for hydroxylation is 1. The first-order chi connectivity index (χ1) is 18.1. The van der Waals surface area contributed by atoms with Gasteiger partial charge in [0.15, 0.2) is 5.69 Å². The number of benzene rings is 2. The minimum absolute atomic E-state index is 0.0280. The monoisotopic (exact) mass is 503 g/mol. The third-order valence-electron chi connectivity index (χ3n) is 6.03. The zero-order valence-corrected chi connectivity index (χ0v) is 20.3. The fraction of sp³-hybridized carbons (Fsp3) is 0.250. The van der Waals surface area contributed by atoms with Crippen LogP contribution in [0, 0.1) is 0 Å². The molecule has 0 unspecified atom stereocenters. The number of hydrazone groups is 1. The smallest absolute Gasteiger partial charge is 0.293 e. The van der Waals surface area contributed by atoms with Gasteiger partial charge >= 0.3 is 0 Å². The summed E-state index contributed by atoms with van der Waals surface area (Å²) in [6, 6.07) is 13.4. The molecule has 1 aliphatic heterocycles. The number of para-hydroxylation sites is 1. The van der Waals surface area contributed by atoms with Gasteiger partial charge in [0.25, 0.3) is 5.91 Å². The lowest BCUT2D eigenvalue weighted by molar-refractivity contribution is 0.0949. The van der Waals surface area contributed by atoms with Gasteiger partial charge in [0.05, 0.1) is 32.7 Å². The SMILES string of the molecule is COc1ccc(OC)c(C=NNC(=O)c2nnn(-c3nonc3N)c2CN2CCCc3ccccc32)c1. The lowest BCUT2D eigenvalue weighted by atomic mass is 10.0. The van der Waals surface area contributed by atoms with E-state index in [1.165, 1.54) is 16.5 Å². The number of carbonyl (C=O) groups is 1. The van der Waals surface area contributed by atoms with Gasteiger partial charge in [-0.3, -0.25) is 4.79 Å². The molecule has 5 rings (SSSR count). The molecule has 0 saturated carbocycles. The molecule has 13 heteroatoms. The molecule has 13 nitrogen and oxygen atoms in total. The Kier molecular flexibility index (Phi) is 6.66. The van der Waals surface area contributed by atoms with Crippen molar-refractivity contribution in [3.05, 3.63) is 65.0 Å². The summed E-state index contributed by atoms with van der Waals surface area (Å²) in [6.07, 6.45) is 3.42. The summed E-state index contributed by atoms with van der Waals surface area (Å²) in [5.41, 5.74) is 11.9. The third kappa shape index (κ3) is 4.78. The van der Waals surface area contributed by atoms with Gasteiger partial charge in [-0.1, -0.05) is 23.4 Å². The van der Waals surface area contributed by atoms with Crippen LogP contribution in [0.3, 0.4) is 0 Å². The highest BCUT2D eigenvalue weighted by Crippen LogP contribution is 2.29. The number of fused-ring (bicyclic) bond motifs is 1. The van der Waals surface area contributed by atoms with Crippen molar-refractivity contribution in [2.24, 2.45) is 5.10 Å². The summed E-state index contributed by atoms with van der Waals surface area (Å²) in [5, 5.41) is 19.8. The van der Waals surface area contributed by atoms with Crippen LogP contribution in [-0.4, -0.2) is 58.2 Å². The molecule has 190 valence electrons. The van der Waals surface area contributed by atoms with E-state index in [0.29, 0.717) is 29.3 Å². The fourth-order valence-corrected chi connectivity index (χ4v) is 4.24. The van der Waals surface area contributed by atoms with Crippen LogP contribution in [0.15, 0.2) is 52.2 Å². The first-order valence-corrected chi connectivity index (χ1v) is 11.5. The molecule has 0 radical (unpaired) electrons. The number of amides is 1. The number of hydrogen-bond donors (Lipinski definition) is 2. The molecule has 2 aromatic heterocycles. The van der Waals surface area contributed by atoms with Crippen molar-refractivity contribution in [3.63, 3.8) is 0 Å². The van der Waals surface area contributed by atoms with E-state index in [0.717, 1.165) is 25.1 Å². The molecule has 0 spiro atoms. The highest BCUT2D eigenvalue weighted by atomic mass is 16.6. The number of methoxy groups -OCH3 is 2. The van der Waals surface area contributed by atoms with Gasteiger partial charge in [-0.15, -0.1) is 5.10 Å². The van der Waals surface area contributed by atoms with Crippen molar-refractivity contribution in [3.8, 4) is 17.3 Å². The lowest BCUT2D eigenvalue weighted by Crippen LogP contribution is -2.31. The number of anilines is 2. The van der Waals surface area contributed by atoms with Gasteiger partial charge in [0.1, 0.15) is 11.5 Å². The molecule has 0 fully saturated rings. The van der Waals surface area contributed by atoms with Gasteiger partial charge in [0, 0.05) is 17.8 Å². The Balaban J connectivity index is 1.44. The topological polar surface area (TPSA) is 159 Å². The number of nitrogen functional groups attached to an aromatic ring is 1. The Morgan fingerprint density at radius 1 is 1.22 bits per heavy atom. The Labute approximate surface area is 211 Å². The molecule has 3 heterocycles. The van der Waals surface area contributed by atoms with Crippen molar-refractivity contribution in [2.75, 3.05) is 31.4 Å². The Morgan fingerprint density at radius 2 is 2.08 bits per heavy atom. The lowest BCUT2D eigenvalue weighted by Gasteiger charge is -2.31. The molecule has 1 aliphatic rings. The normalized spacial score (nSPS) is 13.0. The van der Waals surface area contributed by atoms with E-state index in [1.54, 1.807) is 32.4 Å². The van der Waals surface area contributed by atoms with Crippen molar-refractivity contribution in [2.45, 2.75) is 19.4 Å². The van der Waals surface area contributed by atoms with Gasteiger partial charge in [-0.25, -0.2) is 10.1 Å². The minimum Gasteiger partial charge on any atom is -0.497 e. The molecule has 0 aliphatic carbocycles. The maximum Gasteiger partial charge on any atom is 0.293 e. The van der Waals surface area contributed by atoms with Crippen LogP contribution >= 0.6 is 0 Å². The average Bonchev–Trinajstić information content (AvgIpc) is 3.54. The summed E-state index contributed by atoms with van der Waals surface area (Å²) in [5.74, 6) is 0.819. The summed E-state index contributed by atoms with van der Waals surface area (Å²) < 4.78 is 16.7. The minimum atomic E-state index is -0.556. The van der Waals surface area contributed by atoms with Gasteiger partial charge in [-0.2, -0.15) is 9.78 Å². The van der Waals surface area contributed by atoms with Crippen LogP contribution in [0.4, 0.5) is 11.5 Å². The van der Waals surface area contributed by atoms with E-state index < -0.39 is 5.91 Å². The second-order valence-electron chi connectivity index (χ2n) is 8.23. The molecule has 0 saturated heterocycles. The van der Waals surface area contributed by atoms with Gasteiger partial charge in [-0.05, 0) is 53.0 Å². The number of ether oxygens (including phenoxy) is 2. The van der Waals surface area contributed by atoms with Crippen LogP contribution in [0.25, 0.3) is 5.82 Å². The summed E-state index contributed by atoms with van der Waals surface area (Å²) in [7, 11) is 3.11. The van der Waals surface area contributed by atoms with E-state index in [4.69, 9.17) is 19.8 Å². The molecule has 37 heavy (non-hydrogen) atoms. The second-order valence-corrected chi connectivity index (χ2v) is 8.23. The van der Waals surface area contributed by atoms with Crippen molar-refractivity contribution >= 4 is 23.6 Å². The zero-order chi connectivity index (χ0) is 25.8. The summed E-state index contributed by atoms with van der Waals surface area (Å²) in [4.78, 5) is 15.3. The quantitative estimate of drug-likeness (QED) is 0.269. The summed E-state index contributed by atoms with van der Waals surface area (Å²) in [6.45, 7) is 1.12. The van der Waals surface area contributed by atoms with E-state index in [9.17, 15) is 4.79 Å². The number of hydrogen-bond acceptors (Lipinski definition) is 11. The van der Waals surface area contributed by atoms with Crippen LogP contribution in [0.2, 0.25) is 0 Å². The van der Waals surface area contributed by atoms with Crippen molar-refractivity contribution in [1.29, 1.82) is 0 Å². The van der Waals surface area contributed by atoms with Crippen LogP contribution in [0.5, 0.6) is 11.5 Å². The van der Waals surface area contributed by atoms with Gasteiger partial charge in [0.2, 0.25) is 11.6 Å². The summed E-state index contributed by atoms with van der Waals surface area (Å²) >= 11 is 0. The van der Waals surface area contributed by atoms with Crippen LogP contribution in [0.1, 0.15) is 33.7 Å². The first-order valence-electron chi connectivity index (χ1n) is 11.5. The highest BCUT2D eigenvalue weighted by molar-refractivity contribution is 5.94. The Bertz CT molecular complexity index is 1450. The molecule has 3 N–H and O–H groups in total. The largest absolute Gasteiger partial charge is 0.497 e. The highest BCUT2D eigenvalue weighted by Gasteiger charge is 2.27. The van der Waals surface area contributed by atoms with Gasteiger partial charge < -0.3 is 20.1 Å². The van der Waals surface area contributed by atoms with E-state index >= 15 is 0 Å². The Hall–Kier alpha value is -4.94. The fourth-order valence-electron chi connectivity index (χ4n) is 4.24. The molecule has 1 amide bonds. The van der Waals surface area contributed by atoms with E-state index in [-0.39, 0.29) is 17.3 Å². The zero-order valence-electron chi connectivity index (χ0n) is 20.3. The number of nitrogens with two attached hydrogens (primary N) is 1. The number of nitrogens with one attached hydrogen (secondary N) is 1. The van der Waals surface area contributed by atoms with Crippen LogP contribution in [-0.2, 0) is 13.0 Å². The van der Waals surface area contributed by atoms with Crippen molar-refractivity contribution < 1.29 is 18.9 Å². The molecule has 0 atom stereocenters. The molecule has 4 aromatic rings. The van der Waals surface area contributed by atoms with E-state index in [2.05, 4.69) is 48.2 Å². The maximum absolute atomic E-state index is 13.2. The number of rotatable bonds is 8. The average molecular weight is 504 g/mol. The third-order valence-corrected chi connectivity index (χ3v) is 6.03. The molecular weight excluding hydrogens is 478 g/mol. The van der Waals surface area contributed by atoms with Crippen LogP contribution < -0.4 is 25.5 Å². The molecule has 0 bridgehead atoms. The van der Waals surface area contributed by atoms with E-state index in [1.807, 2.05) is 12.1 Å². The number of aromatic nitrogens is 5. The van der Waals surface area contributed by atoms with Crippen molar-refractivity contribution in [1.82, 2.24) is 30.7 Å². The molecule has 2 aromatic carbocycles. The predicted molar refractivity (Wildman–Crippen MR) is 134 cm³/mol. The predicted octanol–water partition coefficient (Wildman–Crippen LogP) is 1.97. The number of nitrogens with zero attached hydrogens (tertiary/aromatic N) is 7. The maximum atomic E-state index is 13.2. The molecular formula is C24H25N9O4. The second kappa shape index (κ2) is 10.4.